The number of carbonyl (C=O) groups excluding carboxylic acids is 3. The third-order valence-electron chi connectivity index (χ3n) is 7.64. The first kappa shape index (κ1) is 25.2. The molecule has 1 saturated heterocycles. The molecule has 2 aromatic rings. The second-order valence-corrected chi connectivity index (χ2v) is 11.2. The van der Waals surface area contributed by atoms with Crippen molar-refractivity contribution in [2.75, 3.05) is 26.8 Å². The van der Waals surface area contributed by atoms with Gasteiger partial charge in [-0.25, -0.2) is 9.18 Å². The largest absolute Gasteiger partial charge is 0.486 e. The van der Waals surface area contributed by atoms with E-state index in [1.165, 1.54) is 7.05 Å². The van der Waals surface area contributed by atoms with Crippen LogP contribution in [0, 0.1) is 17.8 Å². The van der Waals surface area contributed by atoms with E-state index in [1.807, 2.05) is 51.1 Å². The van der Waals surface area contributed by atoms with Gasteiger partial charge in [0.25, 0.3) is 5.91 Å². The first-order chi connectivity index (χ1) is 17.6. The van der Waals surface area contributed by atoms with Gasteiger partial charge >= 0.3 is 6.09 Å². The lowest BCUT2D eigenvalue weighted by Gasteiger charge is -2.25. The van der Waals surface area contributed by atoms with Crippen molar-refractivity contribution in [3.63, 3.8) is 0 Å². The van der Waals surface area contributed by atoms with Gasteiger partial charge in [-0.05, 0) is 56.2 Å². The molecule has 7 nitrogen and oxygen atoms in total. The van der Waals surface area contributed by atoms with Gasteiger partial charge in [0.05, 0.1) is 11.5 Å². The van der Waals surface area contributed by atoms with Crippen LogP contribution in [0.4, 0.5) is 9.18 Å². The van der Waals surface area contributed by atoms with Crippen molar-refractivity contribution in [2.45, 2.75) is 44.8 Å². The van der Waals surface area contributed by atoms with Gasteiger partial charge in [0.15, 0.2) is 5.78 Å². The number of benzene rings is 2. The number of ketones is 1. The predicted molar refractivity (Wildman–Crippen MR) is 136 cm³/mol. The molecule has 5 rings (SSSR count). The SMILES string of the molecule is CNC(=O)c1cc(C(=O)CC2[C@H]3CN(C(=O)OC(C)(C)C)C[C@@H]23)cc2c1O[C@H](CF)[C@H]2c1ccccc1. The van der Waals surface area contributed by atoms with Crippen LogP contribution in [0.2, 0.25) is 0 Å². The maximum atomic E-state index is 14.0. The summed E-state index contributed by atoms with van der Waals surface area (Å²) in [4.78, 5) is 40.3. The Morgan fingerprint density at radius 3 is 2.38 bits per heavy atom. The molecule has 1 saturated carbocycles. The highest BCUT2D eigenvalue weighted by Gasteiger charge is 2.57. The molecule has 5 atom stereocenters. The van der Waals surface area contributed by atoms with Crippen LogP contribution in [-0.4, -0.2) is 61.2 Å². The fourth-order valence-corrected chi connectivity index (χ4v) is 5.83. The van der Waals surface area contributed by atoms with Gasteiger partial charge in [-0.1, -0.05) is 30.3 Å². The van der Waals surface area contributed by atoms with Gasteiger partial charge in [-0.15, -0.1) is 0 Å². The van der Waals surface area contributed by atoms with Crippen LogP contribution < -0.4 is 10.1 Å². The molecule has 1 N–H and O–H groups in total. The number of hydrogen-bond acceptors (Lipinski definition) is 5. The second kappa shape index (κ2) is 9.47. The molecule has 2 heterocycles. The molecule has 196 valence electrons. The number of likely N-dealkylation sites (tertiary alicyclic amines) is 1. The lowest BCUT2D eigenvalue weighted by molar-refractivity contribution is 0.0265. The van der Waals surface area contributed by atoms with E-state index < -0.39 is 24.3 Å². The molecule has 2 aliphatic heterocycles. The Bertz CT molecular complexity index is 1210. The van der Waals surface area contributed by atoms with Gasteiger partial charge < -0.3 is 19.7 Å². The number of carbonyl (C=O) groups is 3. The summed E-state index contributed by atoms with van der Waals surface area (Å²) in [7, 11) is 1.52. The van der Waals surface area contributed by atoms with Crippen molar-refractivity contribution in [3.8, 4) is 5.75 Å². The Hall–Kier alpha value is -3.42. The third-order valence-corrected chi connectivity index (χ3v) is 7.64. The summed E-state index contributed by atoms with van der Waals surface area (Å²) in [5.41, 5.74) is 1.65. The van der Waals surface area contributed by atoms with Crippen LogP contribution >= 0.6 is 0 Å². The number of Topliss-reactive ketones (excluding diaryl/α,β-unsaturated/α-hetero) is 1. The summed E-state index contributed by atoms with van der Waals surface area (Å²) in [6.07, 6.45) is -0.742. The van der Waals surface area contributed by atoms with Crippen molar-refractivity contribution >= 4 is 17.8 Å². The zero-order valence-corrected chi connectivity index (χ0v) is 21.6. The van der Waals surface area contributed by atoms with Crippen LogP contribution in [-0.2, 0) is 4.74 Å². The fraction of sp³-hybridized carbons (Fsp3) is 0.483. The minimum atomic E-state index is -0.771. The molecule has 0 radical (unpaired) electrons. The Morgan fingerprint density at radius 2 is 1.78 bits per heavy atom. The van der Waals surface area contributed by atoms with Crippen molar-refractivity contribution in [1.82, 2.24) is 10.2 Å². The Morgan fingerprint density at radius 1 is 1.11 bits per heavy atom. The highest BCUT2D eigenvalue weighted by Crippen LogP contribution is 2.54. The van der Waals surface area contributed by atoms with E-state index in [4.69, 9.17) is 9.47 Å². The zero-order chi connectivity index (χ0) is 26.5. The molecule has 2 fully saturated rings. The zero-order valence-electron chi connectivity index (χ0n) is 21.6. The smallest absolute Gasteiger partial charge is 0.410 e. The predicted octanol–water partition coefficient (Wildman–Crippen LogP) is 4.59. The van der Waals surface area contributed by atoms with Gasteiger partial charge in [0, 0.05) is 37.7 Å². The van der Waals surface area contributed by atoms with Gasteiger partial charge in [0.1, 0.15) is 24.1 Å². The number of ether oxygens (including phenoxy) is 2. The van der Waals surface area contributed by atoms with E-state index in [0.29, 0.717) is 36.4 Å². The summed E-state index contributed by atoms with van der Waals surface area (Å²) >= 11 is 0. The molecule has 1 unspecified atom stereocenters. The number of halogens is 1. The average molecular weight is 509 g/mol. The lowest BCUT2D eigenvalue weighted by Crippen LogP contribution is -2.37. The maximum absolute atomic E-state index is 14.0. The van der Waals surface area contributed by atoms with Gasteiger partial charge in [0.2, 0.25) is 0 Å². The minimum Gasteiger partial charge on any atom is -0.486 e. The van der Waals surface area contributed by atoms with E-state index in [9.17, 15) is 18.8 Å². The second-order valence-electron chi connectivity index (χ2n) is 11.2. The summed E-state index contributed by atoms with van der Waals surface area (Å²) in [5.74, 6) is 0.229. The number of alkyl halides is 1. The highest BCUT2D eigenvalue weighted by atomic mass is 19.1. The quantitative estimate of drug-likeness (QED) is 0.577. The number of nitrogens with one attached hydrogen (secondary N) is 1. The van der Waals surface area contributed by atoms with Crippen LogP contribution in [0.5, 0.6) is 5.75 Å². The monoisotopic (exact) mass is 508 g/mol. The summed E-state index contributed by atoms with van der Waals surface area (Å²) < 4.78 is 25.4. The van der Waals surface area contributed by atoms with Crippen LogP contribution in [0.3, 0.4) is 0 Å². The Labute approximate surface area is 216 Å². The third kappa shape index (κ3) is 4.81. The first-order valence-electron chi connectivity index (χ1n) is 12.8. The molecule has 0 bridgehead atoms. The number of piperidine rings is 1. The molecule has 2 aromatic carbocycles. The lowest BCUT2D eigenvalue weighted by atomic mass is 9.86. The van der Waals surface area contributed by atoms with E-state index >= 15 is 0 Å². The van der Waals surface area contributed by atoms with Crippen molar-refractivity contribution in [2.24, 2.45) is 17.8 Å². The number of rotatable bonds is 6. The molecular weight excluding hydrogens is 475 g/mol. The standard InChI is InChI=1S/C29H33FN2O5/c1-29(2,3)37-28(35)32-14-21-18(22(21)15-32)12-23(33)17-10-19-25(16-8-6-5-7-9-16)24(13-30)36-26(19)20(11-17)27(34)31-4/h5-11,18,21-22,24-25H,12-15H2,1-4H3,(H,31,34)/t18?,21-,22+,24-,25+/m1/s1. The van der Waals surface area contributed by atoms with E-state index in [1.54, 1.807) is 17.0 Å². The summed E-state index contributed by atoms with van der Waals surface area (Å²) in [6.45, 7) is 5.99. The number of hydrogen-bond donors (Lipinski definition) is 1. The summed E-state index contributed by atoms with van der Waals surface area (Å²) in [6, 6.07) is 12.8. The molecule has 2 amide bonds. The molecular formula is C29H33FN2O5. The molecule has 0 spiro atoms. The Kier molecular flexibility index (Phi) is 6.46. The number of amides is 2. The van der Waals surface area contributed by atoms with Crippen LogP contribution in [0.1, 0.15) is 65.0 Å². The van der Waals surface area contributed by atoms with Gasteiger partial charge in [-0.3, -0.25) is 9.59 Å². The van der Waals surface area contributed by atoms with E-state index in [2.05, 4.69) is 5.32 Å². The topological polar surface area (TPSA) is 84.9 Å². The molecule has 0 aromatic heterocycles. The average Bonchev–Trinajstić information content (AvgIpc) is 3.21. The van der Waals surface area contributed by atoms with Crippen LogP contribution in [0.25, 0.3) is 0 Å². The molecule has 3 aliphatic rings. The van der Waals surface area contributed by atoms with E-state index in [0.717, 1.165) is 5.56 Å². The first-order valence-corrected chi connectivity index (χ1v) is 12.8. The van der Waals surface area contributed by atoms with Gasteiger partial charge in [-0.2, -0.15) is 0 Å². The molecule has 1 aliphatic carbocycles. The molecule has 37 heavy (non-hydrogen) atoms. The number of nitrogens with zero attached hydrogens (tertiary/aromatic N) is 1. The fourth-order valence-electron chi connectivity index (χ4n) is 5.83. The maximum Gasteiger partial charge on any atom is 0.410 e. The molecule has 8 heteroatoms. The van der Waals surface area contributed by atoms with Crippen molar-refractivity contribution < 1.29 is 28.2 Å². The van der Waals surface area contributed by atoms with Crippen molar-refractivity contribution in [3.05, 3.63) is 64.7 Å². The highest BCUT2D eigenvalue weighted by molar-refractivity contribution is 6.03. The van der Waals surface area contributed by atoms with Crippen molar-refractivity contribution in [1.29, 1.82) is 0 Å². The number of fused-ring (bicyclic) bond motifs is 2. The minimum absolute atomic E-state index is 0.0633. The normalized spacial score (nSPS) is 25.6. The van der Waals surface area contributed by atoms with E-state index in [-0.39, 0.29) is 41.1 Å². The van der Waals surface area contributed by atoms with Crippen LogP contribution in [0.15, 0.2) is 42.5 Å². The summed E-state index contributed by atoms with van der Waals surface area (Å²) in [5, 5.41) is 2.61. The Balaban J connectivity index is 1.36.